The third-order valence-electron chi connectivity index (χ3n) is 4.34. The lowest BCUT2D eigenvalue weighted by Gasteiger charge is -2.16. The fourth-order valence-corrected chi connectivity index (χ4v) is 4.70. The van der Waals surface area contributed by atoms with Gasteiger partial charge in [0.05, 0.1) is 16.3 Å². The van der Waals surface area contributed by atoms with Crippen LogP contribution < -0.4 is 9.47 Å². The number of hydrogen-bond donors (Lipinski definition) is 0. The molecule has 0 spiro atoms. The normalized spacial score (nSPS) is 16.5. The summed E-state index contributed by atoms with van der Waals surface area (Å²) in [4.78, 5) is 25.6. The molecule has 1 heterocycles. The first-order valence-electron chi connectivity index (χ1n) is 9.17. The summed E-state index contributed by atoms with van der Waals surface area (Å²) in [6, 6.07) is 13.7. The molecule has 2 aromatic carbocycles. The van der Waals surface area contributed by atoms with Crippen molar-refractivity contribution in [1.29, 1.82) is 0 Å². The molecule has 0 aliphatic carbocycles. The van der Waals surface area contributed by atoms with E-state index in [1.807, 2.05) is 49.4 Å². The van der Waals surface area contributed by atoms with Crippen molar-refractivity contribution in [3.63, 3.8) is 0 Å². The molecule has 0 unspecified atom stereocenters. The summed E-state index contributed by atoms with van der Waals surface area (Å²) in [5.74, 6) is 1.12. The summed E-state index contributed by atoms with van der Waals surface area (Å²) in [5, 5.41) is -0.575. The van der Waals surface area contributed by atoms with E-state index < -0.39 is 5.25 Å². The van der Waals surface area contributed by atoms with Crippen molar-refractivity contribution in [1.82, 2.24) is 4.90 Å². The largest absolute Gasteiger partial charge is 0.490 e. The van der Waals surface area contributed by atoms with Gasteiger partial charge in [-0.2, -0.15) is 0 Å². The molecule has 0 radical (unpaired) electrons. The van der Waals surface area contributed by atoms with Gasteiger partial charge in [0, 0.05) is 6.54 Å². The van der Waals surface area contributed by atoms with Crippen molar-refractivity contribution in [3.8, 4) is 11.5 Å². The van der Waals surface area contributed by atoms with Crippen molar-refractivity contribution in [3.05, 3.63) is 58.1 Å². The summed E-state index contributed by atoms with van der Waals surface area (Å²) in [6.07, 6.45) is 0.462. The molecule has 1 saturated heterocycles. The van der Waals surface area contributed by atoms with Crippen molar-refractivity contribution in [2.24, 2.45) is 0 Å². The Kier molecular flexibility index (Phi) is 7.02. The molecular formula is C21H22BrNO4S. The highest BCUT2D eigenvalue weighted by Crippen LogP contribution is 2.39. The lowest BCUT2D eigenvalue weighted by atomic mass is 10.1. The Balaban J connectivity index is 1.78. The Morgan fingerprint density at radius 2 is 1.82 bits per heavy atom. The van der Waals surface area contributed by atoms with E-state index in [1.54, 1.807) is 6.92 Å². The zero-order valence-electron chi connectivity index (χ0n) is 15.8. The van der Waals surface area contributed by atoms with Gasteiger partial charge in [-0.3, -0.25) is 14.5 Å². The number of imide groups is 1. The van der Waals surface area contributed by atoms with E-state index in [4.69, 9.17) is 9.47 Å². The van der Waals surface area contributed by atoms with E-state index in [-0.39, 0.29) is 11.1 Å². The third kappa shape index (κ3) is 4.70. The molecule has 0 aromatic heterocycles. The van der Waals surface area contributed by atoms with Crippen LogP contribution in [0.3, 0.4) is 0 Å². The summed E-state index contributed by atoms with van der Waals surface area (Å²) in [6.45, 7) is 5.05. The standard InChI is InChI=1S/C21H22BrNO4S/c1-3-23-20(24)18(28-21(23)25)12-15-10-16(22)19(17(11-15)26-4-2)27-13-14-8-6-5-7-9-14/h5-11,18H,3-4,12-13H2,1-2H3/t18-/m0/s1. The average molecular weight is 464 g/mol. The summed E-state index contributed by atoms with van der Waals surface area (Å²) < 4.78 is 12.5. The molecule has 148 valence electrons. The van der Waals surface area contributed by atoms with Crippen LogP contribution >= 0.6 is 27.7 Å². The maximum atomic E-state index is 12.4. The summed E-state index contributed by atoms with van der Waals surface area (Å²) >= 11 is 4.66. The van der Waals surface area contributed by atoms with Crippen LogP contribution in [0.25, 0.3) is 0 Å². The number of nitrogens with zero attached hydrogens (tertiary/aromatic N) is 1. The zero-order chi connectivity index (χ0) is 20.1. The Hall–Kier alpha value is -1.99. The number of ether oxygens (including phenoxy) is 2. The fraction of sp³-hybridized carbons (Fsp3) is 0.333. The minimum Gasteiger partial charge on any atom is -0.490 e. The number of rotatable bonds is 8. The van der Waals surface area contributed by atoms with Crippen molar-refractivity contribution >= 4 is 38.8 Å². The van der Waals surface area contributed by atoms with Crippen molar-refractivity contribution in [2.75, 3.05) is 13.2 Å². The van der Waals surface area contributed by atoms with E-state index in [9.17, 15) is 9.59 Å². The van der Waals surface area contributed by atoms with Crippen LogP contribution in [-0.4, -0.2) is 34.4 Å². The highest BCUT2D eigenvalue weighted by atomic mass is 79.9. The lowest BCUT2D eigenvalue weighted by Crippen LogP contribution is -2.31. The second kappa shape index (κ2) is 9.47. The van der Waals surface area contributed by atoms with Gasteiger partial charge in [0.1, 0.15) is 6.61 Å². The first-order chi connectivity index (χ1) is 13.5. The monoisotopic (exact) mass is 463 g/mol. The number of halogens is 1. The highest BCUT2D eigenvalue weighted by Gasteiger charge is 2.38. The van der Waals surface area contributed by atoms with E-state index in [1.165, 1.54) is 4.90 Å². The van der Waals surface area contributed by atoms with Gasteiger partial charge in [-0.25, -0.2) is 0 Å². The molecule has 7 heteroatoms. The molecular weight excluding hydrogens is 442 g/mol. The molecule has 0 bridgehead atoms. The predicted octanol–water partition coefficient (Wildman–Crippen LogP) is 5.05. The highest BCUT2D eigenvalue weighted by molar-refractivity contribution is 9.10. The molecule has 3 rings (SSSR count). The second-order valence-electron chi connectivity index (χ2n) is 6.27. The third-order valence-corrected chi connectivity index (χ3v) is 6.00. The molecule has 28 heavy (non-hydrogen) atoms. The molecule has 5 nitrogen and oxygen atoms in total. The van der Waals surface area contributed by atoms with Crippen LogP contribution in [0.5, 0.6) is 11.5 Å². The van der Waals surface area contributed by atoms with Crippen LogP contribution in [0.2, 0.25) is 0 Å². The maximum Gasteiger partial charge on any atom is 0.289 e. The van der Waals surface area contributed by atoms with E-state index >= 15 is 0 Å². The Morgan fingerprint density at radius 3 is 2.46 bits per heavy atom. The number of hydrogen-bond acceptors (Lipinski definition) is 5. The SMILES string of the molecule is CCOc1cc(C[C@@H]2SC(=O)N(CC)C2=O)cc(Br)c1OCc1ccccc1. The van der Waals surface area contributed by atoms with Gasteiger partial charge < -0.3 is 9.47 Å². The summed E-state index contributed by atoms with van der Waals surface area (Å²) in [5.41, 5.74) is 1.98. The molecule has 1 aliphatic rings. The van der Waals surface area contributed by atoms with Gasteiger partial charge in [-0.05, 0) is 59.5 Å². The Labute approximate surface area is 177 Å². The van der Waals surface area contributed by atoms with Crippen molar-refractivity contribution < 1.29 is 19.1 Å². The smallest absolute Gasteiger partial charge is 0.289 e. The second-order valence-corrected chi connectivity index (χ2v) is 8.28. The molecule has 2 aromatic rings. The molecule has 0 N–H and O–H groups in total. The number of carbonyl (C=O) groups excluding carboxylic acids is 2. The van der Waals surface area contributed by atoms with Gasteiger partial charge in [-0.1, -0.05) is 42.1 Å². The average Bonchev–Trinajstić information content (AvgIpc) is 2.94. The lowest BCUT2D eigenvalue weighted by molar-refractivity contribution is -0.126. The molecule has 1 aliphatic heterocycles. The van der Waals surface area contributed by atoms with Crippen LogP contribution in [0, 0.1) is 0 Å². The maximum absolute atomic E-state index is 12.4. The number of benzene rings is 2. The molecule has 2 amide bonds. The quantitative estimate of drug-likeness (QED) is 0.547. The number of amides is 2. The first-order valence-corrected chi connectivity index (χ1v) is 10.8. The Morgan fingerprint density at radius 1 is 1.07 bits per heavy atom. The minimum absolute atomic E-state index is 0.129. The van der Waals surface area contributed by atoms with Crippen LogP contribution in [0.15, 0.2) is 46.9 Å². The van der Waals surface area contributed by atoms with Crippen molar-refractivity contribution in [2.45, 2.75) is 32.1 Å². The van der Waals surface area contributed by atoms with Crippen LogP contribution in [0.4, 0.5) is 4.79 Å². The van der Waals surface area contributed by atoms with Crippen LogP contribution in [0.1, 0.15) is 25.0 Å². The van der Waals surface area contributed by atoms with E-state index in [2.05, 4.69) is 15.9 Å². The van der Waals surface area contributed by atoms with E-state index in [0.717, 1.165) is 27.4 Å². The first kappa shape index (κ1) is 20.7. The summed E-state index contributed by atoms with van der Waals surface area (Å²) in [7, 11) is 0. The topological polar surface area (TPSA) is 55.8 Å². The predicted molar refractivity (Wildman–Crippen MR) is 114 cm³/mol. The van der Waals surface area contributed by atoms with E-state index in [0.29, 0.717) is 37.7 Å². The fourth-order valence-electron chi connectivity index (χ4n) is 3.00. The van der Waals surface area contributed by atoms with Gasteiger partial charge in [0.25, 0.3) is 5.24 Å². The number of thioether (sulfide) groups is 1. The molecule has 1 fully saturated rings. The minimum atomic E-state index is -0.398. The van der Waals surface area contributed by atoms with Gasteiger partial charge >= 0.3 is 0 Å². The molecule has 1 atom stereocenters. The van der Waals surface area contributed by atoms with Gasteiger partial charge in [0.15, 0.2) is 11.5 Å². The number of carbonyl (C=O) groups is 2. The Bertz CT molecular complexity index is 859. The van der Waals surface area contributed by atoms with Gasteiger partial charge in [0.2, 0.25) is 5.91 Å². The zero-order valence-corrected chi connectivity index (χ0v) is 18.2. The van der Waals surface area contributed by atoms with Gasteiger partial charge in [-0.15, -0.1) is 0 Å². The van der Waals surface area contributed by atoms with Crippen LogP contribution in [-0.2, 0) is 17.8 Å². The molecule has 0 saturated carbocycles.